The number of hydrogen-bond donors (Lipinski definition) is 1. The Kier molecular flexibility index (Phi) is 4.01. The SMILES string of the molecule is Cc1ccnn1-c1cccc(NC(=O)Cn2cccnc2=O)c1. The van der Waals surface area contributed by atoms with Gasteiger partial charge in [0.2, 0.25) is 5.91 Å². The summed E-state index contributed by atoms with van der Waals surface area (Å²) in [6.45, 7) is 1.87. The lowest BCUT2D eigenvalue weighted by Crippen LogP contribution is -2.28. The monoisotopic (exact) mass is 309 g/mol. The molecule has 0 bridgehead atoms. The molecule has 7 nitrogen and oxygen atoms in total. The van der Waals surface area contributed by atoms with Crippen LogP contribution in [0.3, 0.4) is 0 Å². The number of aromatic nitrogens is 4. The number of rotatable bonds is 4. The summed E-state index contributed by atoms with van der Waals surface area (Å²) in [6, 6.07) is 10.9. The van der Waals surface area contributed by atoms with Gasteiger partial charge in [0.15, 0.2) is 0 Å². The molecule has 1 aromatic carbocycles. The second-order valence-electron chi connectivity index (χ2n) is 5.01. The van der Waals surface area contributed by atoms with E-state index in [0.717, 1.165) is 11.4 Å². The topological polar surface area (TPSA) is 81.8 Å². The summed E-state index contributed by atoms with van der Waals surface area (Å²) in [5.74, 6) is -0.297. The van der Waals surface area contributed by atoms with Gasteiger partial charge >= 0.3 is 5.69 Å². The molecule has 7 heteroatoms. The standard InChI is InChI=1S/C16H15N5O2/c1-12-6-8-18-21(12)14-5-2-4-13(10-14)19-15(22)11-20-9-3-7-17-16(20)23/h2-10H,11H2,1H3,(H,19,22). The summed E-state index contributed by atoms with van der Waals surface area (Å²) in [6.07, 6.45) is 4.64. The molecule has 1 amide bonds. The summed E-state index contributed by atoms with van der Waals surface area (Å²) < 4.78 is 3.03. The van der Waals surface area contributed by atoms with Gasteiger partial charge in [-0.1, -0.05) is 6.07 Å². The molecule has 3 aromatic rings. The number of hydrogen-bond acceptors (Lipinski definition) is 4. The predicted molar refractivity (Wildman–Crippen MR) is 85.4 cm³/mol. The van der Waals surface area contributed by atoms with Crippen LogP contribution in [0.1, 0.15) is 5.69 Å². The van der Waals surface area contributed by atoms with E-state index in [1.807, 2.05) is 31.2 Å². The minimum absolute atomic E-state index is 0.0856. The van der Waals surface area contributed by atoms with Crippen LogP contribution in [0.25, 0.3) is 5.69 Å². The maximum absolute atomic E-state index is 12.1. The molecule has 0 atom stereocenters. The zero-order valence-corrected chi connectivity index (χ0v) is 12.5. The fraction of sp³-hybridized carbons (Fsp3) is 0.125. The van der Waals surface area contributed by atoms with Gasteiger partial charge in [0.05, 0.1) is 5.69 Å². The van der Waals surface area contributed by atoms with Crippen LogP contribution in [0.5, 0.6) is 0 Å². The molecular weight excluding hydrogens is 294 g/mol. The van der Waals surface area contributed by atoms with E-state index in [9.17, 15) is 9.59 Å². The maximum atomic E-state index is 12.1. The first kappa shape index (κ1) is 14.7. The Balaban J connectivity index is 1.76. The van der Waals surface area contributed by atoms with Gasteiger partial charge in [0.25, 0.3) is 0 Å². The lowest BCUT2D eigenvalue weighted by molar-refractivity contribution is -0.116. The Morgan fingerprint density at radius 2 is 2.09 bits per heavy atom. The molecule has 0 aliphatic rings. The normalized spacial score (nSPS) is 10.5. The quantitative estimate of drug-likeness (QED) is 0.789. The van der Waals surface area contributed by atoms with Crippen molar-refractivity contribution in [1.82, 2.24) is 19.3 Å². The first-order chi connectivity index (χ1) is 11.1. The zero-order chi connectivity index (χ0) is 16.2. The van der Waals surface area contributed by atoms with E-state index in [2.05, 4.69) is 15.4 Å². The van der Waals surface area contributed by atoms with Crippen molar-refractivity contribution in [1.29, 1.82) is 0 Å². The molecule has 2 heterocycles. The van der Waals surface area contributed by atoms with Crippen LogP contribution in [0.2, 0.25) is 0 Å². The van der Waals surface area contributed by atoms with E-state index in [4.69, 9.17) is 0 Å². The third kappa shape index (κ3) is 3.34. The zero-order valence-electron chi connectivity index (χ0n) is 12.5. The number of aryl methyl sites for hydroxylation is 1. The van der Waals surface area contributed by atoms with E-state index in [-0.39, 0.29) is 12.5 Å². The van der Waals surface area contributed by atoms with E-state index in [0.29, 0.717) is 5.69 Å². The largest absolute Gasteiger partial charge is 0.347 e. The summed E-state index contributed by atoms with van der Waals surface area (Å²) in [7, 11) is 0. The van der Waals surface area contributed by atoms with Gasteiger partial charge in [-0.05, 0) is 37.3 Å². The molecule has 1 N–H and O–H groups in total. The number of nitrogens with one attached hydrogen (secondary N) is 1. The number of anilines is 1. The molecule has 0 saturated carbocycles. The average Bonchev–Trinajstić information content (AvgIpc) is 2.96. The molecule has 3 rings (SSSR count). The van der Waals surface area contributed by atoms with Crippen molar-refractivity contribution in [3.05, 3.63) is 71.2 Å². The highest BCUT2D eigenvalue weighted by atomic mass is 16.2. The van der Waals surface area contributed by atoms with Crippen molar-refractivity contribution in [2.45, 2.75) is 13.5 Å². The Hall–Kier alpha value is -3.22. The summed E-state index contributed by atoms with van der Waals surface area (Å²) in [4.78, 5) is 27.2. The number of amides is 1. The van der Waals surface area contributed by atoms with Crippen LogP contribution >= 0.6 is 0 Å². The third-order valence-electron chi connectivity index (χ3n) is 3.30. The number of benzene rings is 1. The van der Waals surface area contributed by atoms with E-state index < -0.39 is 5.69 Å². The van der Waals surface area contributed by atoms with Crippen molar-refractivity contribution >= 4 is 11.6 Å². The van der Waals surface area contributed by atoms with Gasteiger partial charge < -0.3 is 5.32 Å². The van der Waals surface area contributed by atoms with E-state index in [1.54, 1.807) is 23.0 Å². The lowest BCUT2D eigenvalue weighted by Gasteiger charge is -2.09. The van der Waals surface area contributed by atoms with E-state index >= 15 is 0 Å². The Bertz CT molecular complexity index is 897. The third-order valence-corrected chi connectivity index (χ3v) is 3.30. The van der Waals surface area contributed by atoms with Crippen LogP contribution in [0, 0.1) is 6.92 Å². The second-order valence-corrected chi connectivity index (χ2v) is 5.01. The molecule has 0 aliphatic heterocycles. The highest BCUT2D eigenvalue weighted by Gasteiger charge is 2.07. The van der Waals surface area contributed by atoms with Crippen molar-refractivity contribution < 1.29 is 4.79 Å². The average molecular weight is 309 g/mol. The van der Waals surface area contributed by atoms with Crippen molar-refractivity contribution in [2.24, 2.45) is 0 Å². The highest BCUT2D eigenvalue weighted by molar-refractivity contribution is 5.90. The van der Waals surface area contributed by atoms with Crippen LogP contribution in [0.4, 0.5) is 5.69 Å². The second kappa shape index (κ2) is 6.27. The minimum atomic E-state index is -0.455. The Morgan fingerprint density at radius 1 is 1.22 bits per heavy atom. The molecule has 116 valence electrons. The van der Waals surface area contributed by atoms with Crippen molar-refractivity contribution in [2.75, 3.05) is 5.32 Å². The van der Waals surface area contributed by atoms with Crippen molar-refractivity contribution in [3.8, 4) is 5.69 Å². The molecule has 0 fully saturated rings. The number of carbonyl (C=O) groups excluding carboxylic acids is 1. The van der Waals surface area contributed by atoms with Crippen LogP contribution < -0.4 is 11.0 Å². The van der Waals surface area contributed by atoms with Gasteiger partial charge in [-0.2, -0.15) is 5.10 Å². The molecule has 2 aromatic heterocycles. The molecule has 0 aliphatic carbocycles. The fourth-order valence-corrected chi connectivity index (χ4v) is 2.22. The molecule has 0 saturated heterocycles. The summed E-state index contributed by atoms with van der Waals surface area (Å²) in [5, 5.41) is 7.01. The van der Waals surface area contributed by atoms with Crippen molar-refractivity contribution in [3.63, 3.8) is 0 Å². The van der Waals surface area contributed by atoms with Crippen LogP contribution in [-0.2, 0) is 11.3 Å². The smallest absolute Gasteiger partial charge is 0.324 e. The van der Waals surface area contributed by atoms with Gasteiger partial charge in [-0.15, -0.1) is 0 Å². The molecular formula is C16H15N5O2. The fourth-order valence-electron chi connectivity index (χ4n) is 2.22. The number of nitrogens with zero attached hydrogens (tertiary/aromatic N) is 4. The molecule has 23 heavy (non-hydrogen) atoms. The van der Waals surface area contributed by atoms with Gasteiger partial charge in [0, 0.05) is 30.0 Å². The van der Waals surface area contributed by atoms with Crippen LogP contribution in [0.15, 0.2) is 59.8 Å². The minimum Gasteiger partial charge on any atom is -0.324 e. The van der Waals surface area contributed by atoms with Crippen LogP contribution in [-0.4, -0.2) is 25.2 Å². The molecule has 0 spiro atoms. The lowest BCUT2D eigenvalue weighted by atomic mass is 10.2. The summed E-state index contributed by atoms with van der Waals surface area (Å²) in [5.41, 5.74) is 2.03. The number of carbonyl (C=O) groups is 1. The first-order valence-corrected chi connectivity index (χ1v) is 7.06. The predicted octanol–water partition coefficient (Wildman–Crippen LogP) is 1.38. The Labute approximate surface area is 132 Å². The highest BCUT2D eigenvalue weighted by Crippen LogP contribution is 2.15. The van der Waals surface area contributed by atoms with Gasteiger partial charge in [-0.3, -0.25) is 9.36 Å². The Morgan fingerprint density at radius 3 is 2.83 bits per heavy atom. The maximum Gasteiger partial charge on any atom is 0.347 e. The summed E-state index contributed by atoms with van der Waals surface area (Å²) >= 11 is 0. The van der Waals surface area contributed by atoms with Gasteiger partial charge in [0.1, 0.15) is 6.54 Å². The molecule has 0 radical (unpaired) electrons. The van der Waals surface area contributed by atoms with Gasteiger partial charge in [-0.25, -0.2) is 14.5 Å². The first-order valence-electron chi connectivity index (χ1n) is 7.06. The van der Waals surface area contributed by atoms with E-state index in [1.165, 1.54) is 17.0 Å². The molecule has 0 unspecified atom stereocenters.